The van der Waals surface area contributed by atoms with Crippen molar-refractivity contribution in [3.05, 3.63) is 53.2 Å². The van der Waals surface area contributed by atoms with Crippen molar-refractivity contribution in [2.75, 3.05) is 13.1 Å². The molecule has 1 fully saturated rings. The minimum absolute atomic E-state index is 0.0807. The maximum Gasteiger partial charge on any atom is 0.269 e. The fraction of sp³-hybridized carbons (Fsp3) is 0.300. The van der Waals surface area contributed by atoms with Gasteiger partial charge in [0.2, 0.25) is 0 Å². The summed E-state index contributed by atoms with van der Waals surface area (Å²) >= 11 is 0. The van der Waals surface area contributed by atoms with Crippen LogP contribution in [0.1, 0.15) is 35.3 Å². The highest BCUT2D eigenvalue weighted by Gasteiger charge is 2.18. The van der Waals surface area contributed by atoms with Gasteiger partial charge in [-0.3, -0.25) is 14.8 Å². The van der Waals surface area contributed by atoms with Crippen molar-refractivity contribution in [2.24, 2.45) is 5.73 Å². The first-order valence-corrected chi connectivity index (χ1v) is 9.01. The topological polar surface area (TPSA) is 75.0 Å². The normalized spacial score (nSPS) is 15.3. The van der Waals surface area contributed by atoms with E-state index in [4.69, 9.17) is 5.73 Å². The SMILES string of the molecule is NC(=O)c1n[nH]c2ccc(-c3cc(CN4CCCCC4)cc(F)c3F)cc12. The molecule has 0 spiro atoms. The van der Waals surface area contributed by atoms with Crippen LogP contribution in [0.25, 0.3) is 22.0 Å². The molecule has 27 heavy (non-hydrogen) atoms. The molecule has 5 nitrogen and oxygen atoms in total. The van der Waals surface area contributed by atoms with Crippen LogP contribution in [0.2, 0.25) is 0 Å². The van der Waals surface area contributed by atoms with E-state index in [0.717, 1.165) is 31.5 Å². The number of nitrogens with one attached hydrogen (secondary N) is 1. The zero-order chi connectivity index (χ0) is 19.0. The number of hydrogen-bond donors (Lipinski definition) is 2. The number of carbonyl (C=O) groups excluding carboxylic acids is 1. The number of piperidine rings is 1. The molecule has 0 aliphatic carbocycles. The van der Waals surface area contributed by atoms with Crippen molar-refractivity contribution < 1.29 is 13.6 Å². The van der Waals surface area contributed by atoms with Crippen molar-refractivity contribution >= 4 is 16.8 Å². The third kappa shape index (κ3) is 3.42. The quantitative estimate of drug-likeness (QED) is 0.737. The zero-order valence-corrected chi connectivity index (χ0v) is 14.8. The van der Waals surface area contributed by atoms with Crippen LogP contribution in [0.4, 0.5) is 8.78 Å². The summed E-state index contributed by atoms with van der Waals surface area (Å²) in [5.74, 6) is -2.45. The van der Waals surface area contributed by atoms with Gasteiger partial charge in [0.05, 0.1) is 5.52 Å². The van der Waals surface area contributed by atoms with Gasteiger partial charge in [0.1, 0.15) is 0 Å². The van der Waals surface area contributed by atoms with E-state index in [0.29, 0.717) is 23.0 Å². The highest BCUT2D eigenvalue weighted by atomic mass is 19.2. The number of aromatic amines is 1. The van der Waals surface area contributed by atoms with Gasteiger partial charge in [-0.1, -0.05) is 12.5 Å². The Hall–Kier alpha value is -2.80. The van der Waals surface area contributed by atoms with E-state index >= 15 is 0 Å². The fourth-order valence-corrected chi connectivity index (χ4v) is 3.69. The number of aromatic nitrogens is 2. The molecule has 0 saturated carbocycles. The maximum atomic E-state index is 14.5. The Morgan fingerprint density at radius 2 is 1.93 bits per heavy atom. The van der Waals surface area contributed by atoms with Gasteiger partial charge in [-0.25, -0.2) is 8.78 Å². The molecule has 1 aliphatic heterocycles. The van der Waals surface area contributed by atoms with Crippen molar-refractivity contribution in [1.82, 2.24) is 15.1 Å². The molecule has 3 aromatic rings. The summed E-state index contributed by atoms with van der Waals surface area (Å²) in [5.41, 5.74) is 7.40. The molecule has 1 amide bonds. The van der Waals surface area contributed by atoms with E-state index < -0.39 is 17.5 Å². The molecule has 140 valence electrons. The zero-order valence-electron chi connectivity index (χ0n) is 14.8. The van der Waals surface area contributed by atoms with E-state index in [1.54, 1.807) is 24.3 Å². The molecule has 1 saturated heterocycles. The standard InChI is InChI=1S/C20H20F2N4O/c21-16-9-12(11-26-6-2-1-3-7-26)8-14(18(16)22)13-4-5-17-15(10-13)19(20(23)27)25-24-17/h4-5,8-10H,1-3,6-7,11H2,(H2,23,27)(H,24,25). The van der Waals surface area contributed by atoms with Crippen LogP contribution in [-0.2, 0) is 6.54 Å². The number of nitrogens with two attached hydrogens (primary N) is 1. The first kappa shape index (κ1) is 17.6. The number of primary amides is 1. The summed E-state index contributed by atoms with van der Waals surface area (Å²) in [4.78, 5) is 13.8. The number of hydrogen-bond acceptors (Lipinski definition) is 3. The summed E-state index contributed by atoms with van der Waals surface area (Å²) < 4.78 is 28.8. The van der Waals surface area contributed by atoms with E-state index in [1.165, 1.54) is 12.5 Å². The van der Waals surface area contributed by atoms with Crippen LogP contribution in [0.15, 0.2) is 30.3 Å². The molecule has 2 heterocycles. The lowest BCUT2D eigenvalue weighted by Crippen LogP contribution is -2.29. The average Bonchev–Trinajstić information content (AvgIpc) is 3.09. The van der Waals surface area contributed by atoms with Gasteiger partial charge in [0, 0.05) is 17.5 Å². The number of amides is 1. The molecule has 0 radical (unpaired) electrons. The maximum absolute atomic E-state index is 14.5. The van der Waals surface area contributed by atoms with Gasteiger partial charge in [0.25, 0.3) is 5.91 Å². The van der Waals surface area contributed by atoms with Gasteiger partial charge in [0.15, 0.2) is 17.3 Å². The Balaban J connectivity index is 1.75. The second kappa shape index (κ2) is 7.08. The predicted molar refractivity (Wildman–Crippen MR) is 99.1 cm³/mol. The van der Waals surface area contributed by atoms with Crippen LogP contribution in [-0.4, -0.2) is 34.1 Å². The Kier molecular flexibility index (Phi) is 4.61. The second-order valence-electron chi connectivity index (χ2n) is 6.97. The van der Waals surface area contributed by atoms with Crippen molar-refractivity contribution in [3.63, 3.8) is 0 Å². The van der Waals surface area contributed by atoms with Gasteiger partial charge in [-0.2, -0.15) is 5.10 Å². The van der Waals surface area contributed by atoms with Crippen LogP contribution >= 0.6 is 0 Å². The monoisotopic (exact) mass is 370 g/mol. The van der Waals surface area contributed by atoms with Crippen molar-refractivity contribution in [3.8, 4) is 11.1 Å². The smallest absolute Gasteiger partial charge is 0.269 e. The molecule has 0 bridgehead atoms. The summed E-state index contributed by atoms with van der Waals surface area (Å²) in [6, 6.07) is 7.91. The lowest BCUT2D eigenvalue weighted by molar-refractivity contribution is 0.0997. The molecule has 4 rings (SSSR count). The van der Waals surface area contributed by atoms with E-state index in [1.807, 2.05) is 0 Å². The van der Waals surface area contributed by atoms with Crippen LogP contribution < -0.4 is 5.73 Å². The number of benzene rings is 2. The minimum atomic E-state index is -0.902. The van der Waals surface area contributed by atoms with Crippen LogP contribution in [0.3, 0.4) is 0 Å². The molecule has 1 aliphatic rings. The van der Waals surface area contributed by atoms with Crippen LogP contribution in [0.5, 0.6) is 0 Å². The van der Waals surface area contributed by atoms with Gasteiger partial charge < -0.3 is 5.73 Å². The Morgan fingerprint density at radius 1 is 1.15 bits per heavy atom. The summed E-state index contributed by atoms with van der Waals surface area (Å²) in [7, 11) is 0. The summed E-state index contributed by atoms with van der Waals surface area (Å²) in [5, 5.41) is 7.09. The Labute approximate surface area is 155 Å². The highest BCUT2D eigenvalue weighted by molar-refractivity contribution is 6.04. The minimum Gasteiger partial charge on any atom is -0.364 e. The number of rotatable bonds is 4. The fourth-order valence-electron chi connectivity index (χ4n) is 3.69. The largest absolute Gasteiger partial charge is 0.364 e. The van der Waals surface area contributed by atoms with Crippen LogP contribution in [0, 0.1) is 11.6 Å². The van der Waals surface area contributed by atoms with Gasteiger partial charge in [-0.05, 0) is 61.3 Å². The number of H-pyrrole nitrogens is 1. The number of halogens is 2. The van der Waals surface area contributed by atoms with Gasteiger partial charge in [-0.15, -0.1) is 0 Å². The van der Waals surface area contributed by atoms with E-state index in [-0.39, 0.29) is 11.3 Å². The summed E-state index contributed by atoms with van der Waals surface area (Å²) in [6.07, 6.45) is 3.47. The highest BCUT2D eigenvalue weighted by Crippen LogP contribution is 2.30. The number of likely N-dealkylation sites (tertiary alicyclic amines) is 1. The predicted octanol–water partition coefficient (Wildman–Crippen LogP) is 3.59. The third-order valence-electron chi connectivity index (χ3n) is 5.05. The van der Waals surface area contributed by atoms with E-state index in [2.05, 4.69) is 15.1 Å². The molecule has 2 aromatic carbocycles. The lowest BCUT2D eigenvalue weighted by Gasteiger charge is -2.26. The molecule has 0 unspecified atom stereocenters. The molecular weight excluding hydrogens is 350 g/mol. The molecule has 0 atom stereocenters. The van der Waals surface area contributed by atoms with Crippen molar-refractivity contribution in [1.29, 1.82) is 0 Å². The first-order valence-electron chi connectivity index (χ1n) is 9.01. The van der Waals surface area contributed by atoms with Crippen molar-refractivity contribution in [2.45, 2.75) is 25.8 Å². The lowest BCUT2D eigenvalue weighted by atomic mass is 9.99. The number of fused-ring (bicyclic) bond motifs is 1. The molecule has 1 aromatic heterocycles. The van der Waals surface area contributed by atoms with Gasteiger partial charge >= 0.3 is 0 Å². The van der Waals surface area contributed by atoms with E-state index in [9.17, 15) is 13.6 Å². The first-order chi connectivity index (χ1) is 13.0. The Bertz CT molecular complexity index is 1010. The Morgan fingerprint density at radius 3 is 2.67 bits per heavy atom. The third-order valence-corrected chi connectivity index (χ3v) is 5.05. The molecule has 3 N–H and O–H groups in total. The number of carbonyl (C=O) groups is 1. The number of nitrogens with zero attached hydrogens (tertiary/aromatic N) is 2. The second-order valence-corrected chi connectivity index (χ2v) is 6.97. The molecule has 7 heteroatoms. The average molecular weight is 370 g/mol. The summed E-state index contributed by atoms with van der Waals surface area (Å²) in [6.45, 7) is 2.53. The molecular formula is C20H20F2N4O.